The van der Waals surface area contributed by atoms with Gasteiger partial charge in [0.25, 0.3) is 0 Å². The van der Waals surface area contributed by atoms with Crippen molar-refractivity contribution in [3.05, 3.63) is 34.3 Å². The lowest BCUT2D eigenvalue weighted by atomic mass is 9.96. The average molecular weight is 322 g/mol. The third kappa shape index (κ3) is 2.64. The number of hydrogen-bond acceptors (Lipinski definition) is 1. The van der Waals surface area contributed by atoms with Gasteiger partial charge in [0.1, 0.15) is 0 Å². The van der Waals surface area contributed by atoms with Gasteiger partial charge in [0.15, 0.2) is 5.96 Å². The number of nitrogens with two attached hydrogens (primary N) is 1. The minimum Gasteiger partial charge on any atom is -0.370 e. The van der Waals surface area contributed by atoms with E-state index >= 15 is 0 Å². The Hall–Kier alpha value is -1.03. The van der Waals surface area contributed by atoms with Gasteiger partial charge in [0.05, 0.1) is 6.54 Å². The monoisotopic (exact) mass is 321 g/mol. The van der Waals surface area contributed by atoms with E-state index in [-0.39, 0.29) is 5.41 Å². The molecule has 2 aliphatic carbocycles. The van der Waals surface area contributed by atoms with E-state index in [1.54, 1.807) is 0 Å². The Morgan fingerprint density at radius 1 is 1.42 bits per heavy atom. The predicted octanol–water partition coefficient (Wildman–Crippen LogP) is 2.89. The Labute approximate surface area is 123 Å². The zero-order valence-electron chi connectivity index (χ0n) is 11.3. The van der Waals surface area contributed by atoms with E-state index in [0.717, 1.165) is 6.54 Å². The van der Waals surface area contributed by atoms with Gasteiger partial charge in [-0.1, -0.05) is 34.1 Å². The normalized spacial score (nSPS) is 21.3. The van der Waals surface area contributed by atoms with E-state index in [1.165, 1.54) is 35.7 Å². The van der Waals surface area contributed by atoms with Gasteiger partial charge < -0.3 is 10.6 Å². The maximum absolute atomic E-state index is 6.07. The van der Waals surface area contributed by atoms with Gasteiger partial charge in [-0.15, -0.1) is 0 Å². The van der Waals surface area contributed by atoms with Crippen LogP contribution in [-0.2, 0) is 5.41 Å². The summed E-state index contributed by atoms with van der Waals surface area (Å²) in [5.41, 5.74) is 7.67. The smallest absolute Gasteiger partial charge is 0.191 e. The molecule has 19 heavy (non-hydrogen) atoms. The molecule has 0 saturated heterocycles. The molecule has 0 spiro atoms. The number of guanidine groups is 1. The second kappa shape index (κ2) is 4.82. The van der Waals surface area contributed by atoms with E-state index in [0.29, 0.717) is 12.0 Å². The molecule has 1 aromatic rings. The lowest BCUT2D eigenvalue weighted by Gasteiger charge is -2.19. The Balaban J connectivity index is 1.72. The third-order valence-corrected chi connectivity index (χ3v) is 4.99. The molecular weight excluding hydrogens is 302 g/mol. The Morgan fingerprint density at radius 3 is 2.68 bits per heavy atom. The lowest BCUT2D eigenvalue weighted by Crippen LogP contribution is -2.36. The van der Waals surface area contributed by atoms with Crippen molar-refractivity contribution in [1.82, 2.24) is 4.90 Å². The van der Waals surface area contributed by atoms with Crippen LogP contribution in [0.25, 0.3) is 0 Å². The van der Waals surface area contributed by atoms with Gasteiger partial charge >= 0.3 is 0 Å². The van der Waals surface area contributed by atoms with E-state index in [9.17, 15) is 0 Å². The van der Waals surface area contributed by atoms with Crippen LogP contribution in [0.2, 0.25) is 0 Å². The molecule has 0 aliphatic heterocycles. The van der Waals surface area contributed by atoms with Crippen molar-refractivity contribution >= 4 is 21.9 Å². The second-order valence-electron chi connectivity index (χ2n) is 5.78. The highest BCUT2D eigenvalue weighted by atomic mass is 79.9. The molecule has 0 bridgehead atoms. The van der Waals surface area contributed by atoms with Gasteiger partial charge in [-0.2, -0.15) is 0 Å². The summed E-state index contributed by atoms with van der Waals surface area (Å²) in [6.07, 6.45) is 4.92. The number of hydrogen-bond donors (Lipinski definition) is 1. The Bertz CT molecular complexity index is 504. The van der Waals surface area contributed by atoms with Gasteiger partial charge in [0, 0.05) is 23.0 Å². The first-order valence-electron chi connectivity index (χ1n) is 6.90. The van der Waals surface area contributed by atoms with Crippen molar-refractivity contribution in [2.75, 3.05) is 13.6 Å². The SMILES string of the molecule is CN(C(N)=NCC1(c2ccccc2Br)CC1)C1CC1. The lowest BCUT2D eigenvalue weighted by molar-refractivity contribution is 0.485. The molecule has 0 amide bonds. The highest BCUT2D eigenvalue weighted by molar-refractivity contribution is 9.10. The number of halogens is 1. The zero-order chi connectivity index (χ0) is 13.5. The molecule has 0 aromatic heterocycles. The van der Waals surface area contributed by atoms with E-state index in [4.69, 9.17) is 5.73 Å². The second-order valence-corrected chi connectivity index (χ2v) is 6.63. The van der Waals surface area contributed by atoms with Crippen molar-refractivity contribution in [2.24, 2.45) is 10.7 Å². The zero-order valence-corrected chi connectivity index (χ0v) is 12.9. The molecule has 1 aromatic carbocycles. The topological polar surface area (TPSA) is 41.6 Å². The van der Waals surface area contributed by atoms with E-state index in [1.807, 2.05) is 0 Å². The fourth-order valence-corrected chi connectivity index (χ4v) is 3.25. The van der Waals surface area contributed by atoms with Gasteiger partial charge in [-0.05, 0) is 37.3 Å². The van der Waals surface area contributed by atoms with Gasteiger partial charge in [-0.25, -0.2) is 0 Å². The quantitative estimate of drug-likeness (QED) is 0.684. The van der Waals surface area contributed by atoms with Crippen LogP contribution < -0.4 is 5.73 Å². The highest BCUT2D eigenvalue weighted by Gasteiger charge is 2.45. The molecule has 3 nitrogen and oxygen atoms in total. The van der Waals surface area contributed by atoms with Crippen LogP contribution in [0, 0.1) is 0 Å². The first-order chi connectivity index (χ1) is 9.12. The molecule has 0 unspecified atom stereocenters. The molecule has 102 valence electrons. The summed E-state index contributed by atoms with van der Waals surface area (Å²) in [6, 6.07) is 9.10. The van der Waals surface area contributed by atoms with Crippen LogP contribution in [-0.4, -0.2) is 30.5 Å². The van der Waals surface area contributed by atoms with Crippen LogP contribution in [0.15, 0.2) is 33.7 Å². The summed E-state index contributed by atoms with van der Waals surface area (Å²) in [5.74, 6) is 0.695. The van der Waals surface area contributed by atoms with Crippen molar-refractivity contribution < 1.29 is 0 Å². The molecule has 2 aliphatic rings. The molecule has 0 radical (unpaired) electrons. The third-order valence-electron chi connectivity index (χ3n) is 4.30. The summed E-state index contributed by atoms with van der Waals surface area (Å²) in [7, 11) is 2.05. The fraction of sp³-hybridized carbons (Fsp3) is 0.533. The minimum absolute atomic E-state index is 0.217. The maximum Gasteiger partial charge on any atom is 0.191 e. The average Bonchev–Trinajstić information content (AvgIpc) is 3.28. The minimum atomic E-state index is 0.217. The molecule has 0 atom stereocenters. The summed E-state index contributed by atoms with van der Waals surface area (Å²) in [6.45, 7) is 0.804. The van der Waals surface area contributed by atoms with Crippen LogP contribution >= 0.6 is 15.9 Å². The number of nitrogens with zero attached hydrogens (tertiary/aromatic N) is 2. The highest BCUT2D eigenvalue weighted by Crippen LogP contribution is 2.50. The molecule has 2 N–H and O–H groups in total. The Kier molecular flexibility index (Phi) is 3.29. The van der Waals surface area contributed by atoms with Gasteiger partial charge in [-0.3, -0.25) is 4.99 Å². The van der Waals surface area contributed by atoms with Gasteiger partial charge in [0.2, 0.25) is 0 Å². The van der Waals surface area contributed by atoms with Crippen molar-refractivity contribution in [2.45, 2.75) is 37.1 Å². The first kappa shape index (κ1) is 13.0. The summed E-state index contributed by atoms with van der Waals surface area (Å²) in [4.78, 5) is 6.76. The summed E-state index contributed by atoms with van der Waals surface area (Å²) >= 11 is 3.65. The predicted molar refractivity (Wildman–Crippen MR) is 82.3 cm³/mol. The van der Waals surface area contributed by atoms with Crippen molar-refractivity contribution in [1.29, 1.82) is 0 Å². The maximum atomic E-state index is 6.07. The summed E-state index contributed by atoms with van der Waals surface area (Å²) in [5, 5.41) is 0. The molecular formula is C15H20BrN3. The number of benzene rings is 1. The molecule has 2 fully saturated rings. The molecule has 3 rings (SSSR count). The number of rotatable bonds is 4. The van der Waals surface area contributed by atoms with Crippen LogP contribution in [0.3, 0.4) is 0 Å². The standard InChI is InChI=1S/C15H20BrN3/c1-19(11-6-7-11)14(17)18-10-15(8-9-15)12-4-2-3-5-13(12)16/h2-5,11H,6-10H2,1H3,(H2,17,18). The van der Waals surface area contributed by atoms with Crippen LogP contribution in [0.5, 0.6) is 0 Å². The number of aliphatic imine (C=N–C) groups is 1. The fourth-order valence-electron chi connectivity index (χ4n) is 2.55. The molecule has 2 saturated carbocycles. The van der Waals surface area contributed by atoms with Crippen molar-refractivity contribution in [3.8, 4) is 0 Å². The van der Waals surface area contributed by atoms with E-state index < -0.39 is 0 Å². The van der Waals surface area contributed by atoms with Crippen LogP contribution in [0.4, 0.5) is 0 Å². The Morgan fingerprint density at radius 2 is 2.11 bits per heavy atom. The van der Waals surface area contributed by atoms with Crippen LogP contribution in [0.1, 0.15) is 31.2 Å². The summed E-state index contributed by atoms with van der Waals surface area (Å²) < 4.78 is 1.19. The van der Waals surface area contributed by atoms with Crippen molar-refractivity contribution in [3.63, 3.8) is 0 Å². The molecule has 0 heterocycles. The van der Waals surface area contributed by atoms with E-state index in [2.05, 4.69) is 57.1 Å². The molecule has 4 heteroatoms. The largest absolute Gasteiger partial charge is 0.370 e. The first-order valence-corrected chi connectivity index (χ1v) is 7.69.